The monoisotopic (exact) mass is 314 g/mol. The van der Waals surface area contributed by atoms with Crippen molar-refractivity contribution in [2.75, 3.05) is 5.75 Å². The van der Waals surface area contributed by atoms with Gasteiger partial charge in [0.1, 0.15) is 6.10 Å². The molecular formula is C15H14N4O2S. The summed E-state index contributed by atoms with van der Waals surface area (Å²) in [6.45, 7) is 0. The number of esters is 1. The summed E-state index contributed by atoms with van der Waals surface area (Å²) in [6, 6.07) is 9.81. The number of carbonyl (C=O) groups excluding carboxylic acids is 1. The van der Waals surface area contributed by atoms with Gasteiger partial charge in [-0.05, 0) is 34.6 Å². The normalized spacial score (nSPS) is 26.2. The van der Waals surface area contributed by atoms with Crippen LogP contribution in [0.15, 0.2) is 47.6 Å². The van der Waals surface area contributed by atoms with E-state index in [0.29, 0.717) is 12.3 Å². The maximum absolute atomic E-state index is 11.4. The van der Waals surface area contributed by atoms with Crippen LogP contribution in [-0.4, -0.2) is 38.0 Å². The van der Waals surface area contributed by atoms with Crippen LogP contribution in [0, 0.1) is 11.8 Å². The minimum Gasteiger partial charge on any atom is -0.458 e. The average molecular weight is 314 g/mol. The molecule has 7 heteroatoms. The molecule has 0 unspecified atom stereocenters. The van der Waals surface area contributed by atoms with Crippen LogP contribution in [0.1, 0.15) is 6.42 Å². The van der Waals surface area contributed by atoms with Crippen molar-refractivity contribution in [2.45, 2.75) is 17.7 Å². The highest BCUT2D eigenvalue weighted by atomic mass is 32.2. The smallest absolute Gasteiger partial charge is 0.306 e. The van der Waals surface area contributed by atoms with Crippen molar-refractivity contribution < 1.29 is 9.53 Å². The molecule has 4 rings (SSSR count). The topological polar surface area (TPSA) is 69.9 Å². The Morgan fingerprint density at radius 3 is 3.00 bits per heavy atom. The summed E-state index contributed by atoms with van der Waals surface area (Å²) in [4.78, 5) is 11.4. The van der Waals surface area contributed by atoms with Crippen LogP contribution in [0.4, 0.5) is 0 Å². The number of hydrogen-bond donors (Lipinski definition) is 0. The van der Waals surface area contributed by atoms with Crippen LogP contribution < -0.4 is 0 Å². The van der Waals surface area contributed by atoms with Gasteiger partial charge in [0.15, 0.2) is 0 Å². The highest BCUT2D eigenvalue weighted by Gasteiger charge is 2.41. The van der Waals surface area contributed by atoms with Gasteiger partial charge in [-0.15, -0.1) is 5.10 Å². The fourth-order valence-corrected chi connectivity index (χ4v) is 3.98. The number of thioether (sulfide) groups is 1. The number of ether oxygens (including phenoxy) is 1. The first kappa shape index (κ1) is 13.5. The lowest BCUT2D eigenvalue weighted by Gasteiger charge is -2.15. The highest BCUT2D eigenvalue weighted by Crippen LogP contribution is 2.38. The van der Waals surface area contributed by atoms with E-state index in [1.807, 2.05) is 36.4 Å². The van der Waals surface area contributed by atoms with Crippen LogP contribution in [0.25, 0.3) is 5.69 Å². The van der Waals surface area contributed by atoms with Crippen molar-refractivity contribution >= 4 is 17.7 Å². The van der Waals surface area contributed by atoms with Crippen molar-refractivity contribution in [3.8, 4) is 5.69 Å². The summed E-state index contributed by atoms with van der Waals surface area (Å²) in [5.74, 6) is 1.33. The van der Waals surface area contributed by atoms with Gasteiger partial charge in [-0.2, -0.15) is 4.68 Å². The predicted octanol–water partition coefficient (Wildman–Crippen LogP) is 1.87. The van der Waals surface area contributed by atoms with Gasteiger partial charge in [-0.3, -0.25) is 4.79 Å². The van der Waals surface area contributed by atoms with Crippen molar-refractivity contribution in [3.05, 3.63) is 42.5 Å². The van der Waals surface area contributed by atoms with Crippen LogP contribution in [0.5, 0.6) is 0 Å². The number of aromatic nitrogens is 4. The third-order valence-corrected chi connectivity index (χ3v) is 5.10. The van der Waals surface area contributed by atoms with Gasteiger partial charge in [0.2, 0.25) is 5.16 Å². The standard InChI is InChI=1S/C15H14N4O2S/c20-14-8-12-10(6-7-13(12)21-14)9-22-15-16-17-18-19(15)11-4-2-1-3-5-11/h1-7,10,12-13H,8-9H2/t10-,12+,13-/m1/s1. The van der Waals surface area contributed by atoms with E-state index < -0.39 is 0 Å². The summed E-state index contributed by atoms with van der Waals surface area (Å²) < 4.78 is 7.00. The molecule has 1 aliphatic carbocycles. The number of allylic oxidation sites excluding steroid dienone is 1. The van der Waals surface area contributed by atoms with Crippen molar-refractivity contribution in [3.63, 3.8) is 0 Å². The second kappa shape index (κ2) is 5.57. The molecule has 0 N–H and O–H groups in total. The second-order valence-electron chi connectivity index (χ2n) is 5.39. The van der Waals surface area contributed by atoms with Gasteiger partial charge in [-0.25, -0.2) is 0 Å². The summed E-state index contributed by atoms with van der Waals surface area (Å²) in [5.41, 5.74) is 0.939. The molecule has 1 aromatic heterocycles. The number of tetrazole rings is 1. The molecule has 1 saturated heterocycles. The maximum atomic E-state index is 11.4. The average Bonchev–Trinajstić information content (AvgIpc) is 3.22. The lowest BCUT2D eigenvalue weighted by Crippen LogP contribution is -2.17. The molecule has 1 aliphatic heterocycles. The first-order chi connectivity index (χ1) is 10.8. The van der Waals surface area contributed by atoms with Gasteiger partial charge in [0.25, 0.3) is 0 Å². The van der Waals surface area contributed by atoms with Crippen LogP contribution in [-0.2, 0) is 9.53 Å². The lowest BCUT2D eigenvalue weighted by molar-refractivity contribution is -0.140. The zero-order valence-electron chi connectivity index (χ0n) is 11.7. The summed E-state index contributed by atoms with van der Waals surface area (Å²) >= 11 is 1.60. The number of fused-ring (bicyclic) bond motifs is 1. The Kier molecular flexibility index (Phi) is 3.42. The molecular weight excluding hydrogens is 300 g/mol. The Morgan fingerprint density at radius 2 is 2.14 bits per heavy atom. The van der Waals surface area contributed by atoms with Crippen LogP contribution in [0.2, 0.25) is 0 Å². The molecule has 6 nitrogen and oxygen atoms in total. The highest BCUT2D eigenvalue weighted by molar-refractivity contribution is 7.99. The SMILES string of the molecule is O=C1C[C@H]2[C@@H](CSc3nnnn3-c3ccccc3)C=C[C@H]2O1. The molecule has 0 spiro atoms. The van der Waals surface area contributed by atoms with Gasteiger partial charge in [0.05, 0.1) is 12.1 Å². The van der Waals surface area contributed by atoms with E-state index in [0.717, 1.165) is 16.6 Å². The predicted molar refractivity (Wildman–Crippen MR) is 80.5 cm³/mol. The van der Waals surface area contributed by atoms with E-state index in [-0.39, 0.29) is 18.0 Å². The third kappa shape index (κ3) is 2.41. The Balaban J connectivity index is 1.46. The minimum atomic E-state index is -0.0940. The van der Waals surface area contributed by atoms with Gasteiger partial charge < -0.3 is 4.74 Å². The molecule has 0 saturated carbocycles. The largest absolute Gasteiger partial charge is 0.458 e. The van der Waals surface area contributed by atoms with Crippen molar-refractivity contribution in [1.82, 2.24) is 20.2 Å². The fraction of sp³-hybridized carbons (Fsp3) is 0.333. The first-order valence-corrected chi connectivity index (χ1v) is 8.14. The summed E-state index contributed by atoms with van der Waals surface area (Å²) in [7, 11) is 0. The van der Waals surface area contributed by atoms with E-state index in [9.17, 15) is 4.79 Å². The number of nitrogens with zero attached hydrogens (tertiary/aromatic N) is 4. The van der Waals surface area contributed by atoms with E-state index in [1.165, 1.54) is 0 Å². The van der Waals surface area contributed by atoms with E-state index >= 15 is 0 Å². The third-order valence-electron chi connectivity index (χ3n) is 4.04. The first-order valence-electron chi connectivity index (χ1n) is 7.15. The van der Waals surface area contributed by atoms with E-state index in [2.05, 4.69) is 21.6 Å². The van der Waals surface area contributed by atoms with E-state index in [4.69, 9.17) is 4.74 Å². The number of para-hydroxylation sites is 1. The molecule has 112 valence electrons. The quantitative estimate of drug-likeness (QED) is 0.487. The summed E-state index contributed by atoms with van der Waals surface area (Å²) in [6.07, 6.45) is 4.61. The summed E-state index contributed by atoms with van der Waals surface area (Å²) in [5, 5.41) is 12.7. The maximum Gasteiger partial charge on any atom is 0.306 e. The van der Waals surface area contributed by atoms with Crippen LogP contribution in [0.3, 0.4) is 0 Å². The molecule has 1 fully saturated rings. The molecule has 0 bridgehead atoms. The Hall–Kier alpha value is -2.15. The molecule has 22 heavy (non-hydrogen) atoms. The van der Waals surface area contributed by atoms with Gasteiger partial charge >= 0.3 is 5.97 Å². The second-order valence-corrected chi connectivity index (χ2v) is 6.38. The van der Waals surface area contributed by atoms with Crippen molar-refractivity contribution in [1.29, 1.82) is 0 Å². The Labute approximate surface area is 131 Å². The Bertz CT molecular complexity index is 715. The molecule has 2 aliphatic rings. The lowest BCUT2D eigenvalue weighted by atomic mass is 9.94. The number of hydrogen-bond acceptors (Lipinski definition) is 6. The minimum absolute atomic E-state index is 0.0387. The van der Waals surface area contributed by atoms with Crippen LogP contribution >= 0.6 is 11.8 Å². The van der Waals surface area contributed by atoms with Crippen molar-refractivity contribution in [2.24, 2.45) is 11.8 Å². The van der Waals surface area contributed by atoms with E-state index in [1.54, 1.807) is 16.4 Å². The molecule has 0 radical (unpaired) electrons. The molecule has 2 aromatic rings. The molecule has 3 atom stereocenters. The Morgan fingerprint density at radius 1 is 1.27 bits per heavy atom. The molecule has 2 heterocycles. The van der Waals surface area contributed by atoms with Gasteiger partial charge in [0, 0.05) is 11.7 Å². The number of carbonyl (C=O) groups is 1. The number of benzene rings is 1. The molecule has 1 aromatic carbocycles. The number of rotatable bonds is 4. The van der Waals surface area contributed by atoms with Gasteiger partial charge in [-0.1, -0.05) is 36.0 Å². The molecule has 0 amide bonds. The fourth-order valence-electron chi connectivity index (χ4n) is 2.92. The zero-order chi connectivity index (χ0) is 14.9. The zero-order valence-corrected chi connectivity index (χ0v) is 12.5.